The summed E-state index contributed by atoms with van der Waals surface area (Å²) in [5, 5.41) is 3.45. The summed E-state index contributed by atoms with van der Waals surface area (Å²) in [7, 11) is 0. The van der Waals surface area contributed by atoms with Gasteiger partial charge >= 0.3 is 6.18 Å². The third kappa shape index (κ3) is 2.99. The molecule has 0 aliphatic carbocycles. The molecule has 0 atom stereocenters. The maximum atomic E-state index is 12.6. The van der Waals surface area contributed by atoms with Crippen LogP contribution in [0.1, 0.15) is 36.7 Å². The van der Waals surface area contributed by atoms with Gasteiger partial charge in [-0.2, -0.15) is 22.8 Å². The van der Waals surface area contributed by atoms with E-state index in [1.807, 2.05) is 19.9 Å². The molecule has 0 fully saturated rings. The highest BCUT2D eigenvalue weighted by Gasteiger charge is 2.37. The van der Waals surface area contributed by atoms with Crippen LogP contribution in [-0.2, 0) is 6.18 Å². The molecule has 1 heterocycles. The van der Waals surface area contributed by atoms with E-state index in [0.717, 1.165) is 15.8 Å². The van der Waals surface area contributed by atoms with Crippen molar-refractivity contribution in [2.24, 2.45) is 0 Å². The molecule has 0 aliphatic rings. The summed E-state index contributed by atoms with van der Waals surface area (Å²) >= 11 is 4.38. The van der Waals surface area contributed by atoms with Crippen molar-refractivity contribution in [3.63, 3.8) is 0 Å². The number of aromatic nitrogens is 3. The molecule has 2 rings (SSSR count). The molecule has 0 spiro atoms. The number of thiol groups is 1. The summed E-state index contributed by atoms with van der Waals surface area (Å²) in [4.78, 5) is 3.94. The van der Waals surface area contributed by atoms with E-state index in [1.165, 1.54) is 0 Å². The molecule has 1 aromatic heterocycles. The predicted octanol–water partition coefficient (Wildman–Crippen LogP) is 3.59. The lowest BCUT2D eigenvalue weighted by Crippen LogP contribution is -2.09. The number of rotatable bonds is 2. The first kappa shape index (κ1) is 15.7. The zero-order valence-corrected chi connectivity index (χ0v) is 12.6. The Morgan fingerprint density at radius 2 is 1.90 bits per heavy atom. The Bertz CT molecular complexity index is 677. The maximum Gasteiger partial charge on any atom is 0.453 e. The summed E-state index contributed by atoms with van der Waals surface area (Å²) in [6.07, 6.45) is -4.63. The molecule has 1 aromatic carbocycles. The fourth-order valence-corrected chi connectivity index (χ4v) is 2.46. The molecular weight excluding hydrogens is 301 g/mol. The number of halogens is 3. The third-order valence-electron chi connectivity index (χ3n) is 3.08. The SMILES string of the molecule is Cc1cc(C(C)C)c(S)cc1-n1nc(C(F)(F)F)nc1N. The number of aryl methyl sites for hydroxylation is 1. The van der Waals surface area contributed by atoms with Gasteiger partial charge in [-0.25, -0.2) is 0 Å². The van der Waals surface area contributed by atoms with E-state index in [1.54, 1.807) is 13.0 Å². The number of nitrogens with two attached hydrogens (primary N) is 1. The van der Waals surface area contributed by atoms with Crippen LogP contribution in [0, 0.1) is 6.92 Å². The van der Waals surface area contributed by atoms with E-state index >= 15 is 0 Å². The Labute approximate surface area is 125 Å². The molecule has 114 valence electrons. The average Bonchev–Trinajstić information content (AvgIpc) is 2.73. The highest BCUT2D eigenvalue weighted by atomic mass is 32.1. The minimum Gasteiger partial charge on any atom is -0.368 e. The van der Waals surface area contributed by atoms with Crippen LogP contribution in [0.5, 0.6) is 0 Å². The molecule has 0 saturated carbocycles. The number of benzene rings is 1. The lowest BCUT2D eigenvalue weighted by Gasteiger charge is -2.14. The fourth-order valence-electron chi connectivity index (χ4n) is 2.02. The van der Waals surface area contributed by atoms with Gasteiger partial charge in [0.05, 0.1) is 5.69 Å². The largest absolute Gasteiger partial charge is 0.453 e. The van der Waals surface area contributed by atoms with Gasteiger partial charge in [-0.05, 0) is 30.0 Å². The van der Waals surface area contributed by atoms with Crippen LogP contribution >= 0.6 is 12.6 Å². The van der Waals surface area contributed by atoms with Gasteiger partial charge in [-0.15, -0.1) is 17.7 Å². The van der Waals surface area contributed by atoms with Crippen LogP contribution in [0.15, 0.2) is 17.0 Å². The number of nitrogen functional groups attached to an aromatic ring is 1. The minimum absolute atomic E-state index is 0.254. The first-order chi connectivity index (χ1) is 9.61. The highest BCUT2D eigenvalue weighted by molar-refractivity contribution is 7.80. The zero-order valence-electron chi connectivity index (χ0n) is 11.7. The van der Waals surface area contributed by atoms with E-state index in [9.17, 15) is 13.2 Å². The van der Waals surface area contributed by atoms with E-state index < -0.39 is 12.0 Å². The van der Waals surface area contributed by atoms with Crippen LogP contribution in [0.25, 0.3) is 5.69 Å². The first-order valence-corrected chi connectivity index (χ1v) is 6.69. The van der Waals surface area contributed by atoms with Crippen molar-refractivity contribution in [3.05, 3.63) is 29.1 Å². The molecule has 4 nitrogen and oxygen atoms in total. The van der Waals surface area contributed by atoms with Gasteiger partial charge in [0.15, 0.2) is 0 Å². The van der Waals surface area contributed by atoms with Gasteiger partial charge in [-0.1, -0.05) is 19.9 Å². The lowest BCUT2D eigenvalue weighted by molar-refractivity contribution is -0.144. The quantitative estimate of drug-likeness (QED) is 0.833. The molecule has 0 amide bonds. The third-order valence-corrected chi connectivity index (χ3v) is 3.47. The van der Waals surface area contributed by atoms with Gasteiger partial charge in [0, 0.05) is 4.90 Å². The average molecular weight is 316 g/mol. The number of hydrogen-bond donors (Lipinski definition) is 2. The number of nitrogens with zero attached hydrogens (tertiary/aromatic N) is 3. The summed E-state index contributed by atoms with van der Waals surface area (Å²) in [6, 6.07) is 3.52. The van der Waals surface area contributed by atoms with Crippen molar-refractivity contribution >= 4 is 18.6 Å². The number of hydrogen-bond acceptors (Lipinski definition) is 4. The van der Waals surface area contributed by atoms with Gasteiger partial charge in [-0.3, -0.25) is 0 Å². The summed E-state index contributed by atoms with van der Waals surface area (Å²) in [6.45, 7) is 5.81. The zero-order chi connectivity index (χ0) is 15.9. The summed E-state index contributed by atoms with van der Waals surface area (Å²) < 4.78 is 38.9. The number of anilines is 1. The second-order valence-corrected chi connectivity index (χ2v) is 5.54. The molecule has 0 aliphatic heterocycles. The highest BCUT2D eigenvalue weighted by Crippen LogP contribution is 2.31. The monoisotopic (exact) mass is 316 g/mol. The molecule has 2 N–H and O–H groups in total. The van der Waals surface area contributed by atoms with Crippen LogP contribution < -0.4 is 5.73 Å². The topological polar surface area (TPSA) is 56.7 Å². The van der Waals surface area contributed by atoms with E-state index in [2.05, 4.69) is 22.7 Å². The van der Waals surface area contributed by atoms with Crippen molar-refractivity contribution in [1.29, 1.82) is 0 Å². The minimum atomic E-state index is -4.63. The second-order valence-electron chi connectivity index (χ2n) is 5.06. The normalized spacial score (nSPS) is 12.2. The number of alkyl halides is 3. The van der Waals surface area contributed by atoms with Gasteiger partial charge in [0.25, 0.3) is 5.82 Å². The van der Waals surface area contributed by atoms with Crippen LogP contribution in [0.4, 0.5) is 19.1 Å². The van der Waals surface area contributed by atoms with Gasteiger partial charge in [0.1, 0.15) is 0 Å². The lowest BCUT2D eigenvalue weighted by atomic mass is 10.00. The summed E-state index contributed by atoms with van der Waals surface area (Å²) in [5.74, 6) is -1.31. The van der Waals surface area contributed by atoms with Crippen molar-refractivity contribution in [1.82, 2.24) is 14.8 Å². The fraction of sp³-hybridized carbons (Fsp3) is 0.385. The van der Waals surface area contributed by atoms with Gasteiger partial charge < -0.3 is 5.73 Å². The van der Waals surface area contributed by atoms with E-state index in [4.69, 9.17) is 5.73 Å². The van der Waals surface area contributed by atoms with Gasteiger partial charge in [0.2, 0.25) is 5.95 Å². The molecule has 0 saturated heterocycles. The standard InChI is InChI=1S/C13H15F3N4S/c1-6(2)8-4-7(3)9(5-10(8)21)20-12(17)18-11(19-20)13(14,15)16/h4-6,21H,1-3H3,(H2,17,18,19). The molecule has 21 heavy (non-hydrogen) atoms. The van der Waals surface area contributed by atoms with Crippen molar-refractivity contribution in [2.45, 2.75) is 37.8 Å². The van der Waals surface area contributed by atoms with E-state index in [-0.39, 0.29) is 11.9 Å². The van der Waals surface area contributed by atoms with Crippen molar-refractivity contribution in [3.8, 4) is 5.69 Å². The van der Waals surface area contributed by atoms with Crippen LogP contribution in [0.2, 0.25) is 0 Å². The molecule has 0 unspecified atom stereocenters. The molecular formula is C13H15F3N4S. The maximum absolute atomic E-state index is 12.6. The molecule has 0 bridgehead atoms. The van der Waals surface area contributed by atoms with E-state index in [0.29, 0.717) is 10.6 Å². The first-order valence-electron chi connectivity index (χ1n) is 6.25. The Morgan fingerprint density at radius 3 is 2.38 bits per heavy atom. The molecule has 2 aromatic rings. The molecule has 8 heteroatoms. The second kappa shape index (κ2) is 5.25. The Hall–Kier alpha value is -1.70. The predicted molar refractivity (Wildman–Crippen MR) is 76.9 cm³/mol. The van der Waals surface area contributed by atoms with Crippen LogP contribution in [0.3, 0.4) is 0 Å². The van der Waals surface area contributed by atoms with Crippen LogP contribution in [-0.4, -0.2) is 14.8 Å². The van der Waals surface area contributed by atoms with Crippen molar-refractivity contribution in [2.75, 3.05) is 5.73 Å². The Balaban J connectivity index is 2.58. The van der Waals surface area contributed by atoms with Crippen molar-refractivity contribution < 1.29 is 13.2 Å². The molecule has 0 radical (unpaired) electrons. The Kier molecular flexibility index (Phi) is 3.92. The Morgan fingerprint density at radius 1 is 1.29 bits per heavy atom. The smallest absolute Gasteiger partial charge is 0.368 e. The summed E-state index contributed by atoms with van der Waals surface area (Å²) in [5.41, 5.74) is 7.75.